The zero-order chi connectivity index (χ0) is 18.0. The highest BCUT2D eigenvalue weighted by atomic mass is 16.2. The van der Waals surface area contributed by atoms with Crippen molar-refractivity contribution in [1.82, 2.24) is 15.5 Å². The maximum absolute atomic E-state index is 12.9. The Balaban J connectivity index is 1.45. The molecule has 1 aliphatic heterocycles. The standard InChI is InChI=1S/C21H29N3O2/c25-19(22-17-8-9-17)14-18-20(26)23-21(11-4-5-12-21)15-24(18)13-10-16-6-2-1-3-7-16/h1-3,6-7,17-18H,4-5,8-15H2,(H,22,25)(H,23,26). The smallest absolute Gasteiger partial charge is 0.238 e. The molecule has 140 valence electrons. The third kappa shape index (κ3) is 4.09. The summed E-state index contributed by atoms with van der Waals surface area (Å²) >= 11 is 0. The van der Waals surface area contributed by atoms with E-state index in [1.807, 2.05) is 6.07 Å². The number of nitrogens with zero attached hydrogens (tertiary/aromatic N) is 1. The average molecular weight is 355 g/mol. The van der Waals surface area contributed by atoms with Crippen molar-refractivity contribution in [3.8, 4) is 0 Å². The van der Waals surface area contributed by atoms with Crippen LogP contribution in [0.2, 0.25) is 0 Å². The first-order valence-electron chi connectivity index (χ1n) is 10.0. The maximum Gasteiger partial charge on any atom is 0.238 e. The highest BCUT2D eigenvalue weighted by Gasteiger charge is 2.45. The van der Waals surface area contributed by atoms with Crippen LogP contribution in [-0.2, 0) is 16.0 Å². The Morgan fingerprint density at radius 1 is 1.19 bits per heavy atom. The molecule has 0 aromatic heterocycles. The van der Waals surface area contributed by atoms with Crippen LogP contribution >= 0.6 is 0 Å². The minimum Gasteiger partial charge on any atom is -0.353 e. The predicted octanol–water partition coefficient (Wildman–Crippen LogP) is 2.01. The molecule has 1 saturated heterocycles. The molecule has 4 rings (SSSR count). The fourth-order valence-corrected chi connectivity index (χ4v) is 4.45. The Kier molecular flexibility index (Phi) is 4.98. The first-order chi connectivity index (χ1) is 12.6. The van der Waals surface area contributed by atoms with Gasteiger partial charge in [-0.25, -0.2) is 0 Å². The highest BCUT2D eigenvalue weighted by molar-refractivity contribution is 5.89. The van der Waals surface area contributed by atoms with Gasteiger partial charge in [-0.3, -0.25) is 14.5 Å². The van der Waals surface area contributed by atoms with Crippen LogP contribution in [0.15, 0.2) is 30.3 Å². The topological polar surface area (TPSA) is 61.4 Å². The summed E-state index contributed by atoms with van der Waals surface area (Å²) in [6.07, 6.45) is 7.80. The highest BCUT2D eigenvalue weighted by Crippen LogP contribution is 2.34. The van der Waals surface area contributed by atoms with Crippen LogP contribution in [0.3, 0.4) is 0 Å². The zero-order valence-corrected chi connectivity index (χ0v) is 15.4. The molecule has 1 aromatic carbocycles. The van der Waals surface area contributed by atoms with Gasteiger partial charge in [0, 0.05) is 19.1 Å². The zero-order valence-electron chi connectivity index (χ0n) is 15.4. The number of carbonyl (C=O) groups is 2. The van der Waals surface area contributed by atoms with Crippen molar-refractivity contribution < 1.29 is 9.59 Å². The van der Waals surface area contributed by atoms with E-state index in [0.717, 1.165) is 45.2 Å². The molecular weight excluding hydrogens is 326 g/mol. The van der Waals surface area contributed by atoms with Gasteiger partial charge in [-0.15, -0.1) is 0 Å². The molecule has 1 unspecified atom stereocenters. The second-order valence-corrected chi connectivity index (χ2v) is 8.24. The molecule has 2 N–H and O–H groups in total. The molecule has 2 aliphatic carbocycles. The lowest BCUT2D eigenvalue weighted by molar-refractivity contribution is -0.137. The Morgan fingerprint density at radius 3 is 2.62 bits per heavy atom. The van der Waals surface area contributed by atoms with Crippen LogP contribution in [0.4, 0.5) is 0 Å². The SMILES string of the molecule is O=C(CC1C(=O)NC2(CCCC2)CN1CCc1ccccc1)NC1CC1. The Hall–Kier alpha value is -1.88. The summed E-state index contributed by atoms with van der Waals surface area (Å²) in [6, 6.07) is 10.4. The molecule has 2 amide bonds. The minimum atomic E-state index is -0.344. The lowest BCUT2D eigenvalue weighted by Crippen LogP contribution is -2.66. The van der Waals surface area contributed by atoms with Gasteiger partial charge in [0.2, 0.25) is 11.8 Å². The largest absolute Gasteiger partial charge is 0.353 e. The van der Waals surface area contributed by atoms with E-state index in [9.17, 15) is 9.59 Å². The van der Waals surface area contributed by atoms with E-state index in [2.05, 4.69) is 39.8 Å². The molecule has 5 heteroatoms. The van der Waals surface area contributed by atoms with Gasteiger partial charge >= 0.3 is 0 Å². The van der Waals surface area contributed by atoms with Crippen molar-refractivity contribution in [1.29, 1.82) is 0 Å². The third-order valence-corrected chi connectivity index (χ3v) is 6.05. The Bertz CT molecular complexity index is 650. The number of amides is 2. The molecule has 3 aliphatic rings. The van der Waals surface area contributed by atoms with Crippen molar-refractivity contribution >= 4 is 11.8 Å². The monoisotopic (exact) mass is 355 g/mol. The number of nitrogens with one attached hydrogen (secondary N) is 2. The first kappa shape index (κ1) is 17.5. The van der Waals surface area contributed by atoms with Gasteiger partial charge in [0.1, 0.15) is 0 Å². The second-order valence-electron chi connectivity index (χ2n) is 8.24. The lowest BCUT2D eigenvalue weighted by atomic mass is 9.90. The van der Waals surface area contributed by atoms with Crippen LogP contribution in [-0.4, -0.2) is 47.4 Å². The number of rotatable bonds is 6. The van der Waals surface area contributed by atoms with Gasteiger partial charge in [-0.1, -0.05) is 43.2 Å². The Morgan fingerprint density at radius 2 is 1.92 bits per heavy atom. The van der Waals surface area contributed by atoms with E-state index in [0.29, 0.717) is 6.04 Å². The van der Waals surface area contributed by atoms with E-state index < -0.39 is 0 Å². The van der Waals surface area contributed by atoms with E-state index in [4.69, 9.17) is 0 Å². The van der Waals surface area contributed by atoms with Crippen LogP contribution in [0, 0.1) is 0 Å². The van der Waals surface area contributed by atoms with Gasteiger partial charge in [0.15, 0.2) is 0 Å². The summed E-state index contributed by atoms with van der Waals surface area (Å²) in [7, 11) is 0. The molecule has 26 heavy (non-hydrogen) atoms. The minimum absolute atomic E-state index is 0.0136. The second kappa shape index (κ2) is 7.39. The van der Waals surface area contributed by atoms with E-state index in [1.54, 1.807) is 0 Å². The number of piperazine rings is 1. The van der Waals surface area contributed by atoms with Gasteiger partial charge in [-0.05, 0) is 37.7 Å². The fraction of sp³-hybridized carbons (Fsp3) is 0.619. The van der Waals surface area contributed by atoms with Crippen LogP contribution in [0.1, 0.15) is 50.5 Å². The molecule has 1 heterocycles. The van der Waals surface area contributed by atoms with Crippen LogP contribution in [0.5, 0.6) is 0 Å². The summed E-state index contributed by atoms with van der Waals surface area (Å²) in [6.45, 7) is 1.69. The summed E-state index contributed by atoms with van der Waals surface area (Å²) in [5.74, 6) is 0.0527. The number of benzene rings is 1. The van der Waals surface area contributed by atoms with E-state index in [1.165, 1.54) is 18.4 Å². The average Bonchev–Trinajstić information content (AvgIpc) is 3.34. The maximum atomic E-state index is 12.9. The molecule has 3 fully saturated rings. The number of hydrogen-bond acceptors (Lipinski definition) is 3. The summed E-state index contributed by atoms with van der Waals surface area (Å²) in [4.78, 5) is 27.5. The molecule has 0 radical (unpaired) electrons. The van der Waals surface area contributed by atoms with Crippen molar-refractivity contribution in [2.24, 2.45) is 0 Å². The van der Waals surface area contributed by atoms with Crippen molar-refractivity contribution in [2.45, 2.75) is 69.0 Å². The summed E-state index contributed by atoms with van der Waals surface area (Å²) < 4.78 is 0. The molecule has 1 aromatic rings. The summed E-state index contributed by atoms with van der Waals surface area (Å²) in [5, 5.41) is 6.32. The van der Waals surface area contributed by atoms with E-state index in [-0.39, 0.29) is 29.8 Å². The van der Waals surface area contributed by atoms with Crippen LogP contribution in [0.25, 0.3) is 0 Å². The molecule has 0 bridgehead atoms. The van der Waals surface area contributed by atoms with Gasteiger partial charge in [0.25, 0.3) is 0 Å². The van der Waals surface area contributed by atoms with E-state index >= 15 is 0 Å². The normalized spacial score (nSPS) is 25.2. The Labute approximate surface area is 155 Å². The predicted molar refractivity (Wildman–Crippen MR) is 101 cm³/mol. The summed E-state index contributed by atoms with van der Waals surface area (Å²) in [5.41, 5.74) is 1.21. The van der Waals surface area contributed by atoms with Crippen molar-refractivity contribution in [3.63, 3.8) is 0 Å². The molecule has 5 nitrogen and oxygen atoms in total. The molecular formula is C21H29N3O2. The van der Waals surface area contributed by atoms with Gasteiger partial charge in [-0.2, -0.15) is 0 Å². The van der Waals surface area contributed by atoms with Gasteiger partial charge < -0.3 is 10.6 Å². The first-order valence-corrected chi connectivity index (χ1v) is 10.0. The quantitative estimate of drug-likeness (QED) is 0.821. The molecule has 1 atom stereocenters. The van der Waals surface area contributed by atoms with Gasteiger partial charge in [0.05, 0.1) is 18.0 Å². The van der Waals surface area contributed by atoms with Crippen molar-refractivity contribution in [2.75, 3.05) is 13.1 Å². The number of hydrogen-bond donors (Lipinski definition) is 2. The van der Waals surface area contributed by atoms with Crippen LogP contribution < -0.4 is 10.6 Å². The third-order valence-electron chi connectivity index (χ3n) is 6.05. The lowest BCUT2D eigenvalue weighted by Gasteiger charge is -2.45. The molecule has 1 spiro atoms. The molecule has 2 saturated carbocycles. The fourth-order valence-electron chi connectivity index (χ4n) is 4.45. The number of carbonyl (C=O) groups excluding carboxylic acids is 2. The van der Waals surface area contributed by atoms with Crippen molar-refractivity contribution in [3.05, 3.63) is 35.9 Å².